The van der Waals surface area contributed by atoms with Crippen LogP contribution in [0.3, 0.4) is 0 Å². The molecule has 0 bridgehead atoms. The lowest BCUT2D eigenvalue weighted by molar-refractivity contribution is -0.153. The highest BCUT2D eigenvalue weighted by Crippen LogP contribution is 2.54. The standard InChI is InChI=1S/C39H45F3N8O2/c1-4-30(51)49-19-37(20-49)12-15-48(16-13-37)35-27-17-26(25-8-9-25)32(31-24(2)7-10-29-28(31)18-43-46-29)34(52-23-39(40,41)42)33(27)44-36(45-35)50-21-38(22-50)11-5-6-14-47(38)3/h4,7,10,17-18,25H,1,5-6,8-9,11-16,19-23H2,2-3H3,(H,43,46). The molecule has 1 saturated carbocycles. The molecule has 1 N–H and O–H groups in total. The molecule has 2 aromatic carbocycles. The summed E-state index contributed by atoms with van der Waals surface area (Å²) in [5.41, 5.74) is 4.72. The summed E-state index contributed by atoms with van der Waals surface area (Å²) in [6.45, 7) is 9.67. The highest BCUT2D eigenvalue weighted by molar-refractivity contribution is 6.06. The summed E-state index contributed by atoms with van der Waals surface area (Å²) in [6, 6.07) is 6.08. The molecule has 0 radical (unpaired) electrons. The monoisotopic (exact) mass is 714 g/mol. The second-order valence-electron chi connectivity index (χ2n) is 16.0. The molecule has 2 spiro atoms. The van der Waals surface area contributed by atoms with Crippen LogP contribution in [0.1, 0.15) is 62.0 Å². The van der Waals surface area contributed by atoms with Crippen LogP contribution in [-0.2, 0) is 4.79 Å². The third-order valence-electron chi connectivity index (χ3n) is 12.5. The van der Waals surface area contributed by atoms with Gasteiger partial charge in [0.15, 0.2) is 12.4 Å². The molecule has 52 heavy (non-hydrogen) atoms. The molecule has 10 nitrogen and oxygen atoms in total. The first-order valence-corrected chi connectivity index (χ1v) is 18.6. The first kappa shape index (κ1) is 33.4. The van der Waals surface area contributed by atoms with Crippen molar-refractivity contribution in [3.63, 3.8) is 0 Å². The minimum absolute atomic E-state index is 0.0356. The summed E-state index contributed by atoms with van der Waals surface area (Å²) >= 11 is 0. The second kappa shape index (κ2) is 12.1. The van der Waals surface area contributed by atoms with Gasteiger partial charge in [-0.1, -0.05) is 19.1 Å². The number of piperidine rings is 2. The Morgan fingerprint density at radius 2 is 1.79 bits per heavy atom. The number of ether oxygens (including phenoxy) is 1. The fourth-order valence-electron chi connectivity index (χ4n) is 9.33. The fourth-order valence-corrected chi connectivity index (χ4v) is 9.33. The van der Waals surface area contributed by atoms with Crippen molar-refractivity contribution in [2.24, 2.45) is 5.41 Å². The number of anilines is 2. The highest BCUT2D eigenvalue weighted by atomic mass is 19.4. The van der Waals surface area contributed by atoms with E-state index < -0.39 is 12.8 Å². The van der Waals surface area contributed by atoms with E-state index >= 15 is 0 Å². The Hall–Kier alpha value is -4.39. The maximum atomic E-state index is 14.1. The molecular weight excluding hydrogens is 669 g/mol. The lowest BCUT2D eigenvalue weighted by Gasteiger charge is -2.57. The number of aromatic amines is 1. The summed E-state index contributed by atoms with van der Waals surface area (Å²) < 4.78 is 48.3. The van der Waals surface area contributed by atoms with E-state index in [0.717, 1.165) is 104 Å². The Morgan fingerprint density at radius 3 is 2.48 bits per heavy atom. The van der Waals surface area contributed by atoms with Crippen LogP contribution in [0.2, 0.25) is 0 Å². The molecule has 9 rings (SSSR count). The van der Waals surface area contributed by atoms with Crippen molar-refractivity contribution < 1.29 is 22.7 Å². The SMILES string of the molecule is C=CC(=O)N1CC2(CCN(c3nc(N4CC5(CCCCN5C)C4)nc4c(OCC(F)(F)F)c(-c5c(C)ccc6[nH]ncc56)c(C5CC5)cc34)CC2)C1. The van der Waals surface area contributed by atoms with Gasteiger partial charge in [0.05, 0.1) is 17.3 Å². The van der Waals surface area contributed by atoms with Crippen LogP contribution in [0.4, 0.5) is 24.9 Å². The highest BCUT2D eigenvalue weighted by Gasteiger charge is 2.49. The van der Waals surface area contributed by atoms with E-state index in [1.807, 2.05) is 24.0 Å². The average molecular weight is 715 g/mol. The zero-order valence-electron chi connectivity index (χ0n) is 29.9. The van der Waals surface area contributed by atoms with Gasteiger partial charge >= 0.3 is 6.18 Å². The number of alkyl halides is 3. The van der Waals surface area contributed by atoms with Gasteiger partial charge in [0.2, 0.25) is 11.9 Å². The number of nitrogens with one attached hydrogen (secondary N) is 1. The van der Waals surface area contributed by atoms with Gasteiger partial charge in [-0.25, -0.2) is 4.98 Å². The lowest BCUT2D eigenvalue weighted by atomic mass is 9.72. The largest absolute Gasteiger partial charge is 0.481 e. The van der Waals surface area contributed by atoms with Crippen molar-refractivity contribution in [3.05, 3.63) is 48.2 Å². The number of carbonyl (C=O) groups excluding carboxylic acids is 1. The van der Waals surface area contributed by atoms with E-state index in [4.69, 9.17) is 14.7 Å². The summed E-state index contributed by atoms with van der Waals surface area (Å²) in [5.74, 6) is 1.58. The Labute approximate surface area is 301 Å². The molecule has 2 aromatic heterocycles. The average Bonchev–Trinajstić information content (AvgIpc) is 3.84. The molecule has 274 valence electrons. The molecule has 4 aromatic rings. The lowest BCUT2D eigenvalue weighted by Crippen LogP contribution is -2.71. The molecule has 4 aliphatic heterocycles. The number of halogens is 3. The summed E-state index contributed by atoms with van der Waals surface area (Å²) in [7, 11) is 2.19. The molecule has 5 aliphatic rings. The zero-order chi connectivity index (χ0) is 36.0. The van der Waals surface area contributed by atoms with Gasteiger partial charge < -0.3 is 19.4 Å². The Morgan fingerprint density at radius 1 is 1.02 bits per heavy atom. The van der Waals surface area contributed by atoms with Gasteiger partial charge in [-0.3, -0.25) is 14.8 Å². The third kappa shape index (κ3) is 5.57. The predicted molar refractivity (Wildman–Crippen MR) is 195 cm³/mol. The molecule has 1 amide bonds. The van der Waals surface area contributed by atoms with Crippen molar-refractivity contribution >= 4 is 39.5 Å². The quantitative estimate of drug-likeness (QED) is 0.215. The van der Waals surface area contributed by atoms with E-state index in [1.54, 1.807) is 6.20 Å². The van der Waals surface area contributed by atoms with E-state index in [0.29, 0.717) is 30.1 Å². The minimum atomic E-state index is -4.55. The third-order valence-corrected chi connectivity index (χ3v) is 12.5. The number of H-pyrrole nitrogens is 1. The van der Waals surface area contributed by atoms with Crippen LogP contribution in [0, 0.1) is 12.3 Å². The predicted octanol–water partition coefficient (Wildman–Crippen LogP) is 6.59. The molecule has 0 atom stereocenters. The first-order chi connectivity index (χ1) is 25.0. The van der Waals surface area contributed by atoms with Crippen molar-refractivity contribution in [1.29, 1.82) is 0 Å². The maximum absolute atomic E-state index is 14.1. The number of likely N-dealkylation sites (tertiary alicyclic amines) is 2. The van der Waals surface area contributed by atoms with Gasteiger partial charge in [0.1, 0.15) is 11.3 Å². The Balaban J connectivity index is 1.21. The van der Waals surface area contributed by atoms with Gasteiger partial charge in [-0.05, 0) is 99.9 Å². The zero-order valence-corrected chi connectivity index (χ0v) is 29.9. The smallest absolute Gasteiger partial charge is 0.422 e. The minimum Gasteiger partial charge on any atom is -0.481 e. The molecule has 4 saturated heterocycles. The molecule has 6 heterocycles. The van der Waals surface area contributed by atoms with Crippen LogP contribution in [0.5, 0.6) is 5.75 Å². The van der Waals surface area contributed by atoms with Crippen molar-refractivity contribution in [3.8, 4) is 16.9 Å². The first-order valence-electron chi connectivity index (χ1n) is 18.6. The number of hydrogen-bond acceptors (Lipinski definition) is 8. The summed E-state index contributed by atoms with van der Waals surface area (Å²) in [5, 5.41) is 8.91. The van der Waals surface area contributed by atoms with Crippen molar-refractivity contribution in [2.45, 2.75) is 69.5 Å². The van der Waals surface area contributed by atoms with E-state index in [1.165, 1.54) is 18.9 Å². The van der Waals surface area contributed by atoms with E-state index in [9.17, 15) is 18.0 Å². The maximum Gasteiger partial charge on any atom is 0.422 e. The number of nitrogens with zero attached hydrogens (tertiary/aromatic N) is 7. The number of likely N-dealkylation sites (N-methyl/N-ethyl adjacent to an activating group) is 1. The van der Waals surface area contributed by atoms with Gasteiger partial charge in [-0.2, -0.15) is 23.3 Å². The molecule has 5 fully saturated rings. The number of fused-ring (bicyclic) bond motifs is 2. The second-order valence-corrected chi connectivity index (χ2v) is 16.0. The topological polar surface area (TPSA) is 93.7 Å². The molecule has 13 heteroatoms. The van der Waals surface area contributed by atoms with Crippen LogP contribution in [-0.4, -0.2) is 107 Å². The van der Waals surface area contributed by atoms with Crippen LogP contribution < -0.4 is 14.5 Å². The van der Waals surface area contributed by atoms with Gasteiger partial charge in [0.25, 0.3) is 0 Å². The molecule has 1 aliphatic carbocycles. The number of hydrogen-bond donors (Lipinski definition) is 1. The molecule has 0 unspecified atom stereocenters. The number of benzene rings is 2. The number of amides is 1. The van der Waals surface area contributed by atoms with E-state index in [2.05, 4.69) is 44.6 Å². The van der Waals surface area contributed by atoms with E-state index in [-0.39, 0.29) is 28.5 Å². The van der Waals surface area contributed by atoms with Crippen molar-refractivity contribution in [2.75, 3.05) is 69.3 Å². The number of aryl methyl sites for hydroxylation is 1. The summed E-state index contributed by atoms with van der Waals surface area (Å²) in [6.07, 6.45) is 5.70. The van der Waals surface area contributed by atoms with Crippen LogP contribution in [0.15, 0.2) is 37.1 Å². The number of carbonyl (C=O) groups is 1. The van der Waals surface area contributed by atoms with Crippen LogP contribution >= 0.6 is 0 Å². The van der Waals surface area contributed by atoms with Crippen LogP contribution in [0.25, 0.3) is 32.9 Å². The Bertz CT molecular complexity index is 2070. The van der Waals surface area contributed by atoms with Crippen molar-refractivity contribution in [1.82, 2.24) is 30.0 Å². The summed E-state index contributed by atoms with van der Waals surface area (Å²) in [4.78, 5) is 31.5. The number of aromatic nitrogens is 4. The fraction of sp³-hybridized carbons (Fsp3) is 0.538. The normalized spacial score (nSPS) is 21.5. The van der Waals surface area contributed by atoms with Gasteiger partial charge in [-0.15, -0.1) is 0 Å². The Kier molecular flexibility index (Phi) is 7.77. The molecular formula is C39H45F3N8O2. The number of rotatable bonds is 7. The van der Waals surface area contributed by atoms with Gasteiger partial charge in [0, 0.05) is 61.0 Å².